The van der Waals surface area contributed by atoms with Crippen molar-refractivity contribution < 1.29 is 9.53 Å². The lowest BCUT2D eigenvalue weighted by Crippen LogP contribution is -2.28. The van der Waals surface area contributed by atoms with E-state index in [4.69, 9.17) is 10.3 Å². The summed E-state index contributed by atoms with van der Waals surface area (Å²) in [5, 5.41) is 4.74. The summed E-state index contributed by atoms with van der Waals surface area (Å²) >= 11 is 3.51. The number of esters is 1. The monoisotopic (exact) mass is 345 g/mol. The largest absolute Gasteiger partial charge is 0.462 e. The van der Waals surface area contributed by atoms with Gasteiger partial charge in [-0.15, -0.1) is 0 Å². The molecule has 0 aromatic rings. The van der Waals surface area contributed by atoms with E-state index in [-0.39, 0.29) is 30.0 Å². The molecule has 1 aliphatic rings. The molecule has 5 nitrogen and oxygen atoms in total. The number of cyclic esters (lactones) is 1. The van der Waals surface area contributed by atoms with Crippen LogP contribution in [0.3, 0.4) is 0 Å². The molecule has 1 saturated heterocycles. The van der Waals surface area contributed by atoms with E-state index < -0.39 is 0 Å². The van der Waals surface area contributed by atoms with Crippen molar-refractivity contribution >= 4 is 21.9 Å². The zero-order valence-electron chi connectivity index (χ0n) is 12.6. The van der Waals surface area contributed by atoms with E-state index in [9.17, 15) is 4.79 Å². The predicted octanol–water partition coefficient (Wildman–Crippen LogP) is 4.31. The minimum absolute atomic E-state index is 0.0714. The normalized spacial score (nSPS) is 25.4. The van der Waals surface area contributed by atoms with Crippen molar-refractivity contribution in [2.75, 3.05) is 5.33 Å². The van der Waals surface area contributed by atoms with Crippen molar-refractivity contribution in [2.24, 2.45) is 28.8 Å². The Bertz CT molecular complexity index is 381. The zero-order valence-corrected chi connectivity index (χ0v) is 14.2. The van der Waals surface area contributed by atoms with Crippen LogP contribution >= 0.6 is 15.9 Å². The van der Waals surface area contributed by atoms with E-state index in [1.807, 2.05) is 13.8 Å². The lowest BCUT2D eigenvalue weighted by Gasteiger charge is -2.25. The molecule has 4 atom stereocenters. The number of hydrogen-bond donors (Lipinski definition) is 0. The van der Waals surface area contributed by atoms with Gasteiger partial charge in [0.25, 0.3) is 0 Å². The van der Waals surface area contributed by atoms with Crippen LogP contribution in [-0.2, 0) is 9.53 Å². The van der Waals surface area contributed by atoms with Gasteiger partial charge in [0, 0.05) is 10.2 Å². The van der Waals surface area contributed by atoms with Gasteiger partial charge in [0.15, 0.2) is 0 Å². The highest BCUT2D eigenvalue weighted by atomic mass is 79.9. The highest BCUT2D eigenvalue weighted by Crippen LogP contribution is 2.33. The number of carbonyl (C=O) groups is 1. The molecule has 0 aromatic heterocycles. The van der Waals surface area contributed by atoms with E-state index in [1.165, 1.54) is 0 Å². The summed E-state index contributed by atoms with van der Waals surface area (Å²) in [5.41, 5.74) is 8.77. The number of azide groups is 1. The summed E-state index contributed by atoms with van der Waals surface area (Å²) in [6, 6.07) is -0.266. The number of ether oxygens (including phenoxy) is 1. The van der Waals surface area contributed by atoms with Gasteiger partial charge in [-0.3, -0.25) is 4.79 Å². The molecule has 1 aliphatic heterocycles. The van der Waals surface area contributed by atoms with Crippen molar-refractivity contribution in [1.29, 1.82) is 0 Å². The lowest BCUT2D eigenvalue weighted by molar-refractivity contribution is -0.145. The van der Waals surface area contributed by atoms with Crippen molar-refractivity contribution in [2.45, 2.75) is 52.7 Å². The Kier molecular flexibility index (Phi) is 6.83. The maximum absolute atomic E-state index is 11.9. The Morgan fingerprint density at radius 2 is 2.10 bits per heavy atom. The number of nitrogens with zero attached hydrogens (tertiary/aromatic N) is 3. The van der Waals surface area contributed by atoms with Crippen LogP contribution in [0, 0.1) is 23.7 Å². The molecule has 0 saturated carbocycles. The molecule has 0 N–H and O–H groups in total. The summed E-state index contributed by atoms with van der Waals surface area (Å²) in [7, 11) is 0. The summed E-state index contributed by atoms with van der Waals surface area (Å²) in [4.78, 5) is 14.8. The van der Waals surface area contributed by atoms with Gasteiger partial charge >= 0.3 is 5.97 Å². The molecule has 114 valence electrons. The van der Waals surface area contributed by atoms with Gasteiger partial charge < -0.3 is 4.74 Å². The van der Waals surface area contributed by atoms with E-state index in [0.717, 1.165) is 11.8 Å². The number of rotatable bonds is 7. The lowest BCUT2D eigenvalue weighted by atomic mass is 9.86. The number of halogens is 1. The average molecular weight is 346 g/mol. The molecule has 1 heterocycles. The van der Waals surface area contributed by atoms with Crippen LogP contribution in [0.5, 0.6) is 0 Å². The Labute approximate surface area is 129 Å². The van der Waals surface area contributed by atoms with Crippen LogP contribution in [0.4, 0.5) is 0 Å². The Morgan fingerprint density at radius 1 is 1.45 bits per heavy atom. The van der Waals surface area contributed by atoms with Crippen molar-refractivity contribution in [3.8, 4) is 0 Å². The fraction of sp³-hybridized carbons (Fsp3) is 0.929. The van der Waals surface area contributed by atoms with Crippen molar-refractivity contribution in [3.05, 3.63) is 10.4 Å². The van der Waals surface area contributed by atoms with Gasteiger partial charge in [-0.1, -0.05) is 48.7 Å². The first-order valence-corrected chi connectivity index (χ1v) is 8.33. The third-order valence-corrected chi connectivity index (χ3v) is 5.01. The SMILES string of the molecule is CC(C)[C@@H](CBr)C[C@H](N=[N+]=[N-])[C@@H]1C[C@@H](C(C)C)C(=O)O1. The highest BCUT2D eigenvalue weighted by molar-refractivity contribution is 9.09. The highest BCUT2D eigenvalue weighted by Gasteiger charge is 2.40. The van der Waals surface area contributed by atoms with Crippen LogP contribution in [0.1, 0.15) is 40.5 Å². The van der Waals surface area contributed by atoms with Gasteiger partial charge in [0.1, 0.15) is 6.10 Å². The third-order valence-electron chi connectivity index (χ3n) is 4.18. The molecule has 1 fully saturated rings. The molecule has 0 unspecified atom stereocenters. The third kappa shape index (κ3) is 4.38. The standard InChI is InChI=1S/C14H24BrN3O2/c1-8(2)10(7-15)5-12(17-18-16)13-6-11(9(3)4)14(19)20-13/h8-13H,5-7H2,1-4H3/t10-,11+,12+,13+/m1/s1. The summed E-state index contributed by atoms with van der Waals surface area (Å²) in [6.07, 6.45) is 1.13. The van der Waals surface area contributed by atoms with Gasteiger partial charge in [-0.05, 0) is 36.1 Å². The molecule has 0 spiro atoms. The van der Waals surface area contributed by atoms with Crippen molar-refractivity contribution in [1.82, 2.24) is 0 Å². The van der Waals surface area contributed by atoms with Gasteiger partial charge in [0.2, 0.25) is 0 Å². The zero-order chi connectivity index (χ0) is 15.3. The smallest absolute Gasteiger partial charge is 0.309 e. The predicted molar refractivity (Wildman–Crippen MR) is 82.5 cm³/mol. The molecular weight excluding hydrogens is 322 g/mol. The molecule has 0 aliphatic carbocycles. The topological polar surface area (TPSA) is 75.1 Å². The first kappa shape index (κ1) is 17.3. The van der Waals surface area contributed by atoms with Crippen LogP contribution in [0.25, 0.3) is 10.4 Å². The number of carbonyl (C=O) groups excluding carboxylic acids is 1. The molecule has 0 radical (unpaired) electrons. The Morgan fingerprint density at radius 3 is 2.50 bits per heavy atom. The molecule has 0 amide bonds. The second-order valence-corrected chi connectivity index (χ2v) is 6.88. The molecule has 6 heteroatoms. The molecule has 0 aromatic carbocycles. The van der Waals surface area contributed by atoms with Gasteiger partial charge in [-0.25, -0.2) is 0 Å². The summed E-state index contributed by atoms with van der Waals surface area (Å²) < 4.78 is 5.46. The van der Waals surface area contributed by atoms with E-state index >= 15 is 0 Å². The summed E-state index contributed by atoms with van der Waals surface area (Å²) in [6.45, 7) is 8.34. The van der Waals surface area contributed by atoms with Crippen LogP contribution in [-0.4, -0.2) is 23.4 Å². The van der Waals surface area contributed by atoms with Crippen LogP contribution < -0.4 is 0 Å². The number of hydrogen-bond acceptors (Lipinski definition) is 3. The molecule has 1 rings (SSSR count). The number of alkyl halides is 1. The van der Waals surface area contributed by atoms with Crippen LogP contribution in [0.15, 0.2) is 5.11 Å². The minimum atomic E-state index is -0.272. The fourth-order valence-corrected chi connectivity index (χ4v) is 3.59. The van der Waals surface area contributed by atoms with E-state index in [2.05, 4.69) is 39.8 Å². The fourth-order valence-electron chi connectivity index (χ4n) is 2.57. The quantitative estimate of drug-likeness (QED) is 0.226. The Balaban J connectivity index is 2.77. The molecular formula is C14H24BrN3O2. The molecule has 0 bridgehead atoms. The first-order chi connectivity index (χ1) is 9.40. The Hall–Kier alpha value is -0.740. The maximum Gasteiger partial charge on any atom is 0.309 e. The minimum Gasteiger partial charge on any atom is -0.462 e. The second kappa shape index (κ2) is 7.89. The van der Waals surface area contributed by atoms with E-state index in [1.54, 1.807) is 0 Å². The summed E-state index contributed by atoms with van der Waals surface area (Å²) in [5.74, 6) is 0.934. The maximum atomic E-state index is 11.9. The molecule has 20 heavy (non-hydrogen) atoms. The first-order valence-electron chi connectivity index (χ1n) is 7.21. The van der Waals surface area contributed by atoms with Gasteiger partial charge in [-0.2, -0.15) is 0 Å². The average Bonchev–Trinajstić information content (AvgIpc) is 2.76. The van der Waals surface area contributed by atoms with Crippen molar-refractivity contribution in [3.63, 3.8) is 0 Å². The second-order valence-electron chi connectivity index (χ2n) is 6.23. The van der Waals surface area contributed by atoms with Crippen LogP contribution in [0.2, 0.25) is 0 Å². The van der Waals surface area contributed by atoms with Gasteiger partial charge in [0.05, 0.1) is 12.0 Å². The van der Waals surface area contributed by atoms with E-state index in [0.29, 0.717) is 18.3 Å².